The molecule has 0 radical (unpaired) electrons. The van der Waals surface area contributed by atoms with Crippen molar-refractivity contribution in [1.29, 1.82) is 0 Å². The van der Waals surface area contributed by atoms with Crippen molar-refractivity contribution >= 4 is 5.91 Å². The van der Waals surface area contributed by atoms with E-state index in [1.165, 1.54) is 30.5 Å². The third-order valence-corrected chi connectivity index (χ3v) is 5.03. The number of hydrogen-bond acceptors (Lipinski definition) is 2. The molecular weight excluding hydrogens is 355 g/mol. The van der Waals surface area contributed by atoms with Gasteiger partial charge in [-0.05, 0) is 68.5 Å². The monoisotopic (exact) mass is 378 g/mol. The zero-order chi connectivity index (χ0) is 19.3. The van der Waals surface area contributed by atoms with Gasteiger partial charge in [0.05, 0.1) is 11.9 Å². The van der Waals surface area contributed by atoms with Crippen molar-refractivity contribution in [2.45, 2.75) is 32.1 Å². The van der Waals surface area contributed by atoms with E-state index in [9.17, 15) is 9.18 Å². The van der Waals surface area contributed by atoms with Gasteiger partial charge in [-0.3, -0.25) is 4.79 Å². The van der Waals surface area contributed by atoms with Crippen molar-refractivity contribution in [3.63, 3.8) is 0 Å². The number of amides is 1. The number of nitrogens with zero attached hydrogens (tertiary/aromatic N) is 3. The highest BCUT2D eigenvalue weighted by Gasteiger charge is 2.19. The average Bonchev–Trinajstić information content (AvgIpc) is 3.39. The Morgan fingerprint density at radius 1 is 1.14 bits per heavy atom. The van der Waals surface area contributed by atoms with Crippen LogP contribution >= 0.6 is 0 Å². The number of aromatic nitrogens is 3. The first kappa shape index (κ1) is 18.2. The number of benzene rings is 1. The number of halogens is 1. The van der Waals surface area contributed by atoms with Crippen LogP contribution in [0.4, 0.5) is 4.39 Å². The molecule has 1 aliphatic carbocycles. The van der Waals surface area contributed by atoms with E-state index in [0.717, 1.165) is 19.3 Å². The van der Waals surface area contributed by atoms with Crippen LogP contribution in [0.2, 0.25) is 0 Å². The Morgan fingerprint density at radius 3 is 2.64 bits per heavy atom. The molecule has 144 valence electrons. The van der Waals surface area contributed by atoms with E-state index in [1.807, 2.05) is 29.1 Å². The first-order valence-corrected chi connectivity index (χ1v) is 9.66. The van der Waals surface area contributed by atoms with Crippen molar-refractivity contribution in [2.75, 3.05) is 6.54 Å². The third kappa shape index (κ3) is 3.91. The van der Waals surface area contributed by atoms with Gasteiger partial charge in [0.2, 0.25) is 0 Å². The van der Waals surface area contributed by atoms with Crippen LogP contribution in [0.25, 0.3) is 11.5 Å². The molecule has 0 saturated heterocycles. The molecule has 0 fully saturated rings. The number of carbonyl (C=O) groups excluding carboxylic acids is 1. The zero-order valence-electron chi connectivity index (χ0n) is 15.6. The second-order valence-corrected chi connectivity index (χ2v) is 6.97. The van der Waals surface area contributed by atoms with Gasteiger partial charge in [-0.2, -0.15) is 5.10 Å². The maximum atomic E-state index is 13.3. The Bertz CT molecular complexity index is 971. The maximum absolute atomic E-state index is 13.3. The standard InChI is InChI=1S/C22H23FN4O/c23-18-8-10-19(11-9-18)27-22(26-14-4-5-15-26)20(16-25-27)21(28)24-13-12-17-6-2-1-3-7-17/h4-6,8-11,14-16H,1-3,7,12-13H2,(H,24,28). The molecule has 1 aliphatic rings. The lowest BCUT2D eigenvalue weighted by atomic mass is 9.97. The normalized spacial score (nSPS) is 14.0. The molecule has 6 heteroatoms. The van der Waals surface area contributed by atoms with Crippen LogP contribution < -0.4 is 5.32 Å². The fourth-order valence-corrected chi connectivity index (χ4v) is 3.56. The van der Waals surface area contributed by atoms with E-state index in [4.69, 9.17) is 0 Å². The largest absolute Gasteiger partial charge is 0.352 e. The second-order valence-electron chi connectivity index (χ2n) is 6.97. The van der Waals surface area contributed by atoms with Gasteiger partial charge in [0.1, 0.15) is 11.4 Å². The summed E-state index contributed by atoms with van der Waals surface area (Å²) in [4.78, 5) is 12.8. The Hall–Kier alpha value is -3.15. The Kier molecular flexibility index (Phi) is 5.37. The number of rotatable bonds is 6. The first-order chi connectivity index (χ1) is 13.7. The molecule has 2 heterocycles. The molecule has 0 saturated carbocycles. The highest BCUT2D eigenvalue weighted by atomic mass is 19.1. The zero-order valence-corrected chi connectivity index (χ0v) is 15.6. The van der Waals surface area contributed by atoms with Gasteiger partial charge in [0.15, 0.2) is 5.82 Å². The molecule has 0 unspecified atom stereocenters. The molecule has 1 amide bonds. The Balaban J connectivity index is 1.57. The summed E-state index contributed by atoms with van der Waals surface area (Å²) >= 11 is 0. The lowest BCUT2D eigenvalue weighted by Crippen LogP contribution is -2.26. The van der Waals surface area contributed by atoms with Crippen LogP contribution in [0.1, 0.15) is 42.5 Å². The van der Waals surface area contributed by atoms with Gasteiger partial charge in [-0.15, -0.1) is 0 Å². The summed E-state index contributed by atoms with van der Waals surface area (Å²) in [5.74, 6) is 0.160. The van der Waals surface area contributed by atoms with Crippen LogP contribution in [0.5, 0.6) is 0 Å². The average molecular weight is 378 g/mol. The number of hydrogen-bond donors (Lipinski definition) is 1. The van der Waals surface area contributed by atoms with Crippen LogP contribution in [-0.2, 0) is 0 Å². The Morgan fingerprint density at radius 2 is 1.93 bits per heavy atom. The van der Waals surface area contributed by atoms with E-state index in [0.29, 0.717) is 23.6 Å². The van der Waals surface area contributed by atoms with Gasteiger partial charge in [-0.25, -0.2) is 9.07 Å². The van der Waals surface area contributed by atoms with Crippen molar-refractivity contribution < 1.29 is 9.18 Å². The van der Waals surface area contributed by atoms with Gasteiger partial charge >= 0.3 is 0 Å². The van der Waals surface area contributed by atoms with Crippen LogP contribution in [0.15, 0.2) is 66.6 Å². The lowest BCUT2D eigenvalue weighted by Gasteiger charge is -2.13. The van der Waals surface area contributed by atoms with Crippen molar-refractivity contribution in [3.8, 4) is 11.5 Å². The summed E-state index contributed by atoms with van der Waals surface area (Å²) in [7, 11) is 0. The van der Waals surface area contributed by atoms with Crippen molar-refractivity contribution in [3.05, 3.63) is 78.0 Å². The molecule has 1 N–H and O–H groups in total. The van der Waals surface area contributed by atoms with E-state index < -0.39 is 0 Å². The van der Waals surface area contributed by atoms with Gasteiger partial charge < -0.3 is 9.88 Å². The molecule has 5 nitrogen and oxygen atoms in total. The second kappa shape index (κ2) is 8.25. The van der Waals surface area contributed by atoms with E-state index in [1.54, 1.807) is 23.0 Å². The summed E-state index contributed by atoms with van der Waals surface area (Å²) in [5, 5.41) is 7.41. The van der Waals surface area contributed by atoms with Crippen LogP contribution in [0, 0.1) is 5.82 Å². The lowest BCUT2D eigenvalue weighted by molar-refractivity contribution is 0.0954. The molecule has 3 aromatic rings. The van der Waals surface area contributed by atoms with E-state index in [2.05, 4.69) is 16.5 Å². The molecule has 1 aromatic carbocycles. The summed E-state index contributed by atoms with van der Waals surface area (Å²) < 4.78 is 16.8. The number of carbonyl (C=O) groups is 1. The quantitative estimate of drug-likeness (QED) is 0.646. The molecule has 0 spiro atoms. The van der Waals surface area contributed by atoms with Crippen LogP contribution in [0.3, 0.4) is 0 Å². The van der Waals surface area contributed by atoms with Gasteiger partial charge in [0.25, 0.3) is 5.91 Å². The van der Waals surface area contributed by atoms with E-state index >= 15 is 0 Å². The summed E-state index contributed by atoms with van der Waals surface area (Å²) in [5.41, 5.74) is 2.61. The SMILES string of the molecule is O=C(NCCC1=CCCCC1)c1cnn(-c2ccc(F)cc2)c1-n1cccc1. The fraction of sp³-hybridized carbons (Fsp3) is 0.273. The smallest absolute Gasteiger partial charge is 0.256 e. The highest BCUT2D eigenvalue weighted by molar-refractivity contribution is 5.97. The molecule has 0 atom stereocenters. The molecule has 4 rings (SSSR count). The molecule has 0 bridgehead atoms. The number of nitrogens with one attached hydrogen (secondary N) is 1. The summed E-state index contributed by atoms with van der Waals surface area (Å²) in [6.45, 7) is 0.609. The van der Waals surface area contributed by atoms with Gasteiger partial charge in [0, 0.05) is 18.9 Å². The predicted molar refractivity (Wildman–Crippen MR) is 106 cm³/mol. The number of allylic oxidation sites excluding steroid dienone is 1. The first-order valence-electron chi connectivity index (χ1n) is 9.66. The van der Waals surface area contributed by atoms with E-state index in [-0.39, 0.29) is 11.7 Å². The minimum Gasteiger partial charge on any atom is -0.352 e. The molecular formula is C22H23FN4O. The summed E-state index contributed by atoms with van der Waals surface area (Å²) in [6, 6.07) is 9.83. The third-order valence-electron chi connectivity index (χ3n) is 5.03. The van der Waals surface area contributed by atoms with Crippen LogP contribution in [-0.4, -0.2) is 26.8 Å². The van der Waals surface area contributed by atoms with Gasteiger partial charge in [-0.1, -0.05) is 11.6 Å². The fourth-order valence-electron chi connectivity index (χ4n) is 3.56. The van der Waals surface area contributed by atoms with Crippen molar-refractivity contribution in [2.24, 2.45) is 0 Å². The minimum atomic E-state index is -0.312. The molecule has 0 aliphatic heterocycles. The predicted octanol–water partition coefficient (Wildman–Crippen LogP) is 4.42. The minimum absolute atomic E-state index is 0.159. The Labute approximate surface area is 163 Å². The highest BCUT2D eigenvalue weighted by Crippen LogP contribution is 2.21. The molecule has 28 heavy (non-hydrogen) atoms. The topological polar surface area (TPSA) is 51.9 Å². The maximum Gasteiger partial charge on any atom is 0.256 e. The van der Waals surface area contributed by atoms with Crippen molar-refractivity contribution in [1.82, 2.24) is 19.7 Å². The molecule has 2 aromatic heterocycles. The summed E-state index contributed by atoms with van der Waals surface area (Å²) in [6.07, 6.45) is 13.2.